The van der Waals surface area contributed by atoms with E-state index < -0.39 is 0 Å². The van der Waals surface area contributed by atoms with Gasteiger partial charge in [0.1, 0.15) is 12.4 Å². The molecular weight excluding hydrogens is 226 g/mol. The maximum atomic E-state index is 9.96. The molecule has 1 fully saturated rings. The van der Waals surface area contributed by atoms with Crippen LogP contribution in [0.4, 0.5) is 0 Å². The van der Waals surface area contributed by atoms with Gasteiger partial charge in [-0.1, -0.05) is 25.0 Å². The van der Waals surface area contributed by atoms with Crippen LogP contribution in [0, 0.1) is 5.92 Å². The van der Waals surface area contributed by atoms with Crippen molar-refractivity contribution >= 4 is 0 Å². The van der Waals surface area contributed by atoms with Crippen LogP contribution >= 0.6 is 0 Å². The first kappa shape index (κ1) is 13.4. The summed E-state index contributed by atoms with van der Waals surface area (Å²) in [6, 6.07) is 8.15. The standard InChI is InChI=1S/C15H23NO2/c16-9-10-18-14-7-5-12(6-8-14)11-13-3-1-2-4-15(13)17/h5-8,13,15,17H,1-4,9-11,16H2. The Balaban J connectivity index is 1.89. The van der Waals surface area contributed by atoms with Gasteiger partial charge in [-0.15, -0.1) is 0 Å². The zero-order chi connectivity index (χ0) is 12.8. The van der Waals surface area contributed by atoms with E-state index in [9.17, 15) is 5.11 Å². The van der Waals surface area contributed by atoms with Crippen LogP contribution in [0.2, 0.25) is 0 Å². The van der Waals surface area contributed by atoms with E-state index in [0.717, 1.165) is 25.0 Å². The zero-order valence-corrected chi connectivity index (χ0v) is 10.8. The summed E-state index contributed by atoms with van der Waals surface area (Å²) in [5, 5.41) is 9.96. The molecule has 1 aromatic carbocycles. The van der Waals surface area contributed by atoms with E-state index in [2.05, 4.69) is 12.1 Å². The van der Waals surface area contributed by atoms with Crippen LogP contribution in [0.1, 0.15) is 31.2 Å². The number of ether oxygens (including phenoxy) is 1. The number of benzene rings is 1. The van der Waals surface area contributed by atoms with Gasteiger partial charge in [0.15, 0.2) is 0 Å². The van der Waals surface area contributed by atoms with Crippen molar-refractivity contribution < 1.29 is 9.84 Å². The SMILES string of the molecule is NCCOc1ccc(CC2CCCCC2O)cc1. The van der Waals surface area contributed by atoms with Crippen LogP contribution in [0.25, 0.3) is 0 Å². The van der Waals surface area contributed by atoms with Crippen molar-refractivity contribution in [2.24, 2.45) is 11.7 Å². The quantitative estimate of drug-likeness (QED) is 0.840. The molecule has 3 heteroatoms. The Morgan fingerprint density at radius 2 is 1.89 bits per heavy atom. The molecule has 0 radical (unpaired) electrons. The lowest BCUT2D eigenvalue weighted by Crippen LogP contribution is -2.26. The summed E-state index contributed by atoms with van der Waals surface area (Å²) in [5.41, 5.74) is 6.67. The van der Waals surface area contributed by atoms with Gasteiger partial charge in [-0.3, -0.25) is 0 Å². The molecule has 2 rings (SSSR count). The van der Waals surface area contributed by atoms with Crippen LogP contribution < -0.4 is 10.5 Å². The predicted molar refractivity (Wildman–Crippen MR) is 72.7 cm³/mol. The Hall–Kier alpha value is -1.06. The summed E-state index contributed by atoms with van der Waals surface area (Å²) in [6.07, 6.45) is 5.38. The van der Waals surface area contributed by atoms with Crippen molar-refractivity contribution in [1.29, 1.82) is 0 Å². The Labute approximate surface area is 109 Å². The van der Waals surface area contributed by atoms with Crippen LogP contribution in [-0.4, -0.2) is 24.4 Å². The molecule has 2 atom stereocenters. The van der Waals surface area contributed by atoms with Crippen molar-refractivity contribution in [3.05, 3.63) is 29.8 Å². The summed E-state index contributed by atoms with van der Waals surface area (Å²) in [6.45, 7) is 1.09. The third-order valence-corrected chi connectivity index (χ3v) is 3.68. The van der Waals surface area contributed by atoms with Crippen LogP contribution in [-0.2, 0) is 6.42 Å². The normalized spacial score (nSPS) is 23.9. The molecule has 1 aromatic rings. The lowest BCUT2D eigenvalue weighted by molar-refractivity contribution is 0.0700. The van der Waals surface area contributed by atoms with Crippen LogP contribution in [0.15, 0.2) is 24.3 Å². The molecule has 0 amide bonds. The molecule has 1 aliphatic carbocycles. The summed E-state index contributed by atoms with van der Waals surface area (Å²) in [5.74, 6) is 1.29. The van der Waals surface area contributed by atoms with Crippen molar-refractivity contribution in [3.63, 3.8) is 0 Å². The molecule has 2 unspecified atom stereocenters. The van der Waals surface area contributed by atoms with E-state index in [0.29, 0.717) is 19.1 Å². The van der Waals surface area contributed by atoms with Gasteiger partial charge < -0.3 is 15.6 Å². The summed E-state index contributed by atoms with van der Waals surface area (Å²) < 4.78 is 5.45. The Bertz CT molecular complexity index is 350. The second-order valence-electron chi connectivity index (χ2n) is 5.10. The van der Waals surface area contributed by atoms with Gasteiger partial charge in [-0.2, -0.15) is 0 Å². The van der Waals surface area contributed by atoms with Crippen LogP contribution in [0.3, 0.4) is 0 Å². The fraction of sp³-hybridized carbons (Fsp3) is 0.600. The molecule has 1 saturated carbocycles. The van der Waals surface area contributed by atoms with Crippen molar-refractivity contribution in [1.82, 2.24) is 0 Å². The van der Waals surface area contributed by atoms with Gasteiger partial charge in [-0.05, 0) is 42.9 Å². The summed E-state index contributed by atoms with van der Waals surface area (Å²) in [4.78, 5) is 0. The van der Waals surface area contributed by atoms with E-state index in [1.165, 1.54) is 18.4 Å². The summed E-state index contributed by atoms with van der Waals surface area (Å²) >= 11 is 0. The fourth-order valence-electron chi connectivity index (χ4n) is 2.63. The Kier molecular flexibility index (Phi) is 5.02. The second kappa shape index (κ2) is 6.76. The highest BCUT2D eigenvalue weighted by molar-refractivity contribution is 5.27. The molecule has 18 heavy (non-hydrogen) atoms. The van der Waals surface area contributed by atoms with Gasteiger partial charge in [0.25, 0.3) is 0 Å². The third kappa shape index (κ3) is 3.72. The number of aliphatic hydroxyl groups is 1. The smallest absolute Gasteiger partial charge is 0.119 e. The first-order valence-electron chi connectivity index (χ1n) is 6.89. The van der Waals surface area contributed by atoms with E-state index in [-0.39, 0.29) is 6.10 Å². The lowest BCUT2D eigenvalue weighted by Gasteiger charge is -2.27. The van der Waals surface area contributed by atoms with Crippen molar-refractivity contribution in [2.45, 2.75) is 38.2 Å². The summed E-state index contributed by atoms with van der Waals surface area (Å²) in [7, 11) is 0. The molecular formula is C15H23NO2. The molecule has 1 aliphatic rings. The van der Waals surface area contributed by atoms with E-state index in [1.54, 1.807) is 0 Å². The first-order chi connectivity index (χ1) is 8.79. The number of nitrogens with two attached hydrogens (primary N) is 1. The number of hydrogen-bond donors (Lipinski definition) is 2. The molecule has 0 spiro atoms. The Morgan fingerprint density at radius 3 is 2.56 bits per heavy atom. The number of rotatable bonds is 5. The molecule has 3 N–H and O–H groups in total. The van der Waals surface area contributed by atoms with E-state index >= 15 is 0 Å². The molecule has 0 bridgehead atoms. The van der Waals surface area contributed by atoms with Gasteiger partial charge in [0.05, 0.1) is 6.10 Å². The molecule has 0 aliphatic heterocycles. The average molecular weight is 249 g/mol. The number of aliphatic hydroxyl groups excluding tert-OH is 1. The van der Waals surface area contributed by atoms with Crippen molar-refractivity contribution in [3.8, 4) is 5.75 Å². The number of hydrogen-bond acceptors (Lipinski definition) is 3. The maximum Gasteiger partial charge on any atom is 0.119 e. The van der Waals surface area contributed by atoms with Crippen molar-refractivity contribution in [2.75, 3.05) is 13.2 Å². The fourth-order valence-corrected chi connectivity index (χ4v) is 2.63. The second-order valence-corrected chi connectivity index (χ2v) is 5.10. The van der Waals surface area contributed by atoms with Crippen LogP contribution in [0.5, 0.6) is 5.75 Å². The maximum absolute atomic E-state index is 9.96. The van der Waals surface area contributed by atoms with Gasteiger partial charge in [0.2, 0.25) is 0 Å². The molecule has 0 saturated heterocycles. The van der Waals surface area contributed by atoms with Gasteiger partial charge in [-0.25, -0.2) is 0 Å². The average Bonchev–Trinajstić information content (AvgIpc) is 2.41. The largest absolute Gasteiger partial charge is 0.492 e. The van der Waals surface area contributed by atoms with E-state index in [4.69, 9.17) is 10.5 Å². The monoisotopic (exact) mass is 249 g/mol. The highest BCUT2D eigenvalue weighted by atomic mass is 16.5. The van der Waals surface area contributed by atoms with Gasteiger partial charge >= 0.3 is 0 Å². The van der Waals surface area contributed by atoms with E-state index in [1.807, 2.05) is 12.1 Å². The minimum Gasteiger partial charge on any atom is -0.492 e. The first-order valence-corrected chi connectivity index (χ1v) is 6.89. The topological polar surface area (TPSA) is 55.5 Å². The molecule has 3 nitrogen and oxygen atoms in total. The predicted octanol–water partition coefficient (Wildman–Crippen LogP) is 2.12. The zero-order valence-electron chi connectivity index (χ0n) is 10.8. The Morgan fingerprint density at radius 1 is 1.17 bits per heavy atom. The highest BCUT2D eigenvalue weighted by Gasteiger charge is 2.22. The molecule has 0 heterocycles. The minimum absolute atomic E-state index is 0.119. The molecule has 0 aromatic heterocycles. The third-order valence-electron chi connectivity index (χ3n) is 3.68. The lowest BCUT2D eigenvalue weighted by atomic mass is 9.82. The molecule has 100 valence electrons. The highest BCUT2D eigenvalue weighted by Crippen LogP contribution is 2.27. The minimum atomic E-state index is -0.119. The van der Waals surface area contributed by atoms with Gasteiger partial charge in [0, 0.05) is 6.54 Å².